The number of hydrogen-bond acceptors (Lipinski definition) is 4. The maximum atomic E-state index is 11.2. The predicted octanol–water partition coefficient (Wildman–Crippen LogP) is 0.865. The number of carbonyl (C=O) groups excluding carboxylic acids is 1. The van der Waals surface area contributed by atoms with Crippen LogP contribution in [0.5, 0.6) is 0 Å². The van der Waals surface area contributed by atoms with E-state index in [1.807, 2.05) is 25.2 Å². The van der Waals surface area contributed by atoms with Gasteiger partial charge < -0.3 is 10.6 Å². The molecule has 1 aliphatic rings. The largest absolute Gasteiger partial charge is 0.399 e. The van der Waals surface area contributed by atoms with Crippen LogP contribution in [-0.2, 0) is 11.3 Å². The summed E-state index contributed by atoms with van der Waals surface area (Å²) < 4.78 is 0. The standard InChI is InChI=1S/C16H26N4O/c1-14(21)18(2)6-7-19-8-10-20(11-9-19)13-15-4-3-5-16(17)12-15/h3-5,12H,6-11,13,17H2,1-2H3. The first-order valence-corrected chi connectivity index (χ1v) is 7.55. The van der Waals surface area contributed by atoms with Crippen LogP contribution >= 0.6 is 0 Å². The molecule has 5 nitrogen and oxygen atoms in total. The van der Waals surface area contributed by atoms with Crippen LogP contribution in [-0.4, -0.2) is 66.9 Å². The van der Waals surface area contributed by atoms with Crippen LogP contribution in [0.1, 0.15) is 12.5 Å². The van der Waals surface area contributed by atoms with E-state index in [1.54, 1.807) is 11.8 Å². The first-order chi connectivity index (χ1) is 10.0. The molecule has 0 saturated carbocycles. The lowest BCUT2D eigenvalue weighted by Crippen LogP contribution is -2.48. The van der Waals surface area contributed by atoms with Gasteiger partial charge in [-0.2, -0.15) is 0 Å². The van der Waals surface area contributed by atoms with Gasteiger partial charge in [-0.15, -0.1) is 0 Å². The van der Waals surface area contributed by atoms with Crippen molar-refractivity contribution in [3.63, 3.8) is 0 Å². The lowest BCUT2D eigenvalue weighted by molar-refractivity contribution is -0.127. The third-order valence-electron chi connectivity index (χ3n) is 4.11. The summed E-state index contributed by atoms with van der Waals surface area (Å²) in [6.07, 6.45) is 0. The molecule has 5 heteroatoms. The van der Waals surface area contributed by atoms with Gasteiger partial charge in [-0.25, -0.2) is 0 Å². The molecular weight excluding hydrogens is 264 g/mol. The number of amides is 1. The van der Waals surface area contributed by atoms with Gasteiger partial charge in [0, 0.05) is 65.5 Å². The molecule has 116 valence electrons. The second-order valence-electron chi connectivity index (χ2n) is 5.80. The van der Waals surface area contributed by atoms with E-state index in [0.717, 1.165) is 51.5 Å². The SMILES string of the molecule is CC(=O)N(C)CCN1CCN(Cc2cccc(N)c2)CC1. The molecule has 1 aromatic rings. The van der Waals surface area contributed by atoms with Crippen molar-refractivity contribution in [1.82, 2.24) is 14.7 Å². The molecule has 0 aromatic heterocycles. The summed E-state index contributed by atoms with van der Waals surface area (Å²) in [5.41, 5.74) is 7.93. The van der Waals surface area contributed by atoms with E-state index in [4.69, 9.17) is 5.73 Å². The molecular formula is C16H26N4O. The molecule has 0 atom stereocenters. The highest BCUT2D eigenvalue weighted by molar-refractivity contribution is 5.72. The first-order valence-electron chi connectivity index (χ1n) is 7.55. The molecule has 0 aliphatic carbocycles. The van der Waals surface area contributed by atoms with Crippen molar-refractivity contribution in [1.29, 1.82) is 0 Å². The number of nitrogen functional groups attached to an aromatic ring is 1. The molecule has 2 rings (SSSR count). The van der Waals surface area contributed by atoms with Crippen molar-refractivity contribution in [3.8, 4) is 0 Å². The van der Waals surface area contributed by atoms with Crippen LogP contribution < -0.4 is 5.73 Å². The zero-order chi connectivity index (χ0) is 15.2. The molecule has 2 N–H and O–H groups in total. The Morgan fingerprint density at radius 3 is 2.52 bits per heavy atom. The molecule has 0 bridgehead atoms. The summed E-state index contributed by atoms with van der Waals surface area (Å²) in [5, 5.41) is 0. The van der Waals surface area contributed by atoms with Gasteiger partial charge in [0.1, 0.15) is 0 Å². The minimum atomic E-state index is 0.135. The molecule has 0 radical (unpaired) electrons. The minimum Gasteiger partial charge on any atom is -0.399 e. The monoisotopic (exact) mass is 290 g/mol. The highest BCUT2D eigenvalue weighted by Gasteiger charge is 2.17. The smallest absolute Gasteiger partial charge is 0.219 e. The number of carbonyl (C=O) groups is 1. The van der Waals surface area contributed by atoms with Crippen molar-refractivity contribution < 1.29 is 4.79 Å². The van der Waals surface area contributed by atoms with Crippen molar-refractivity contribution in [2.24, 2.45) is 0 Å². The van der Waals surface area contributed by atoms with Gasteiger partial charge in [-0.3, -0.25) is 14.6 Å². The predicted molar refractivity (Wildman–Crippen MR) is 85.9 cm³/mol. The zero-order valence-electron chi connectivity index (χ0n) is 13.1. The number of rotatable bonds is 5. The molecule has 1 saturated heterocycles. The second-order valence-corrected chi connectivity index (χ2v) is 5.80. The van der Waals surface area contributed by atoms with Crippen molar-refractivity contribution in [2.75, 3.05) is 52.0 Å². The number of nitrogens with two attached hydrogens (primary N) is 1. The molecule has 1 aliphatic heterocycles. The maximum Gasteiger partial charge on any atom is 0.219 e. The van der Waals surface area contributed by atoms with E-state index in [9.17, 15) is 4.79 Å². The molecule has 1 amide bonds. The lowest BCUT2D eigenvalue weighted by atomic mass is 10.2. The Kier molecular flexibility index (Phi) is 5.59. The number of likely N-dealkylation sites (N-methyl/N-ethyl adjacent to an activating group) is 1. The van der Waals surface area contributed by atoms with Crippen LogP contribution in [0.2, 0.25) is 0 Å². The Morgan fingerprint density at radius 2 is 1.90 bits per heavy atom. The third kappa shape index (κ3) is 5.02. The minimum absolute atomic E-state index is 0.135. The summed E-state index contributed by atoms with van der Waals surface area (Å²) in [6, 6.07) is 8.12. The van der Waals surface area contributed by atoms with E-state index < -0.39 is 0 Å². The Labute approximate surface area is 127 Å². The van der Waals surface area contributed by atoms with Crippen LogP contribution in [0.4, 0.5) is 5.69 Å². The number of anilines is 1. The lowest BCUT2D eigenvalue weighted by Gasteiger charge is -2.35. The third-order valence-corrected chi connectivity index (χ3v) is 4.11. The first kappa shape index (κ1) is 15.8. The summed E-state index contributed by atoms with van der Waals surface area (Å²) in [5.74, 6) is 0.135. The molecule has 1 heterocycles. The highest BCUT2D eigenvalue weighted by atomic mass is 16.2. The van der Waals surface area contributed by atoms with Crippen LogP contribution in [0.15, 0.2) is 24.3 Å². The maximum absolute atomic E-state index is 11.2. The van der Waals surface area contributed by atoms with E-state index >= 15 is 0 Å². The van der Waals surface area contributed by atoms with Gasteiger partial charge in [-0.1, -0.05) is 12.1 Å². The van der Waals surface area contributed by atoms with Gasteiger partial charge in [0.05, 0.1) is 0 Å². The van der Waals surface area contributed by atoms with Gasteiger partial charge >= 0.3 is 0 Å². The average molecular weight is 290 g/mol. The van der Waals surface area contributed by atoms with E-state index in [0.29, 0.717) is 0 Å². The number of hydrogen-bond donors (Lipinski definition) is 1. The zero-order valence-corrected chi connectivity index (χ0v) is 13.1. The molecule has 0 spiro atoms. The van der Waals surface area contributed by atoms with Crippen LogP contribution in [0.25, 0.3) is 0 Å². The Balaban J connectivity index is 1.72. The summed E-state index contributed by atoms with van der Waals surface area (Å²) in [6.45, 7) is 8.61. The average Bonchev–Trinajstić information content (AvgIpc) is 2.46. The normalized spacial score (nSPS) is 16.9. The number of nitrogens with zero attached hydrogens (tertiary/aromatic N) is 3. The van der Waals surface area contributed by atoms with Gasteiger partial charge in [-0.05, 0) is 17.7 Å². The van der Waals surface area contributed by atoms with Crippen molar-refractivity contribution in [3.05, 3.63) is 29.8 Å². The number of piperazine rings is 1. The Hall–Kier alpha value is -1.59. The summed E-state index contributed by atoms with van der Waals surface area (Å²) in [7, 11) is 1.86. The Bertz CT molecular complexity index is 469. The fraction of sp³-hybridized carbons (Fsp3) is 0.562. The van der Waals surface area contributed by atoms with Crippen LogP contribution in [0, 0.1) is 0 Å². The van der Waals surface area contributed by atoms with Gasteiger partial charge in [0.2, 0.25) is 5.91 Å². The highest BCUT2D eigenvalue weighted by Crippen LogP contribution is 2.11. The molecule has 1 fully saturated rings. The topological polar surface area (TPSA) is 52.8 Å². The van der Waals surface area contributed by atoms with E-state index in [-0.39, 0.29) is 5.91 Å². The second kappa shape index (κ2) is 7.43. The quantitative estimate of drug-likeness (QED) is 0.818. The number of benzene rings is 1. The van der Waals surface area contributed by atoms with Gasteiger partial charge in [0.25, 0.3) is 0 Å². The Morgan fingerprint density at radius 1 is 1.24 bits per heavy atom. The summed E-state index contributed by atoms with van der Waals surface area (Å²) >= 11 is 0. The fourth-order valence-electron chi connectivity index (χ4n) is 2.57. The van der Waals surface area contributed by atoms with E-state index in [2.05, 4.69) is 15.9 Å². The summed E-state index contributed by atoms with van der Waals surface area (Å²) in [4.78, 5) is 17.8. The van der Waals surface area contributed by atoms with Crippen molar-refractivity contribution >= 4 is 11.6 Å². The van der Waals surface area contributed by atoms with Crippen LogP contribution in [0.3, 0.4) is 0 Å². The fourth-order valence-corrected chi connectivity index (χ4v) is 2.57. The van der Waals surface area contributed by atoms with Crippen molar-refractivity contribution in [2.45, 2.75) is 13.5 Å². The molecule has 0 unspecified atom stereocenters. The van der Waals surface area contributed by atoms with Gasteiger partial charge in [0.15, 0.2) is 0 Å². The molecule has 1 aromatic carbocycles. The van der Waals surface area contributed by atoms with E-state index in [1.165, 1.54) is 5.56 Å². The molecule has 21 heavy (non-hydrogen) atoms.